The predicted octanol–water partition coefficient (Wildman–Crippen LogP) is 5.52. The molecule has 0 aliphatic carbocycles. The molecule has 0 saturated heterocycles. The van der Waals surface area contributed by atoms with Crippen LogP contribution in [-0.2, 0) is 0 Å². The summed E-state index contributed by atoms with van der Waals surface area (Å²) in [6.45, 7) is 7.96. The maximum atomic E-state index is 11.7. The van der Waals surface area contributed by atoms with Gasteiger partial charge in [0.25, 0.3) is 0 Å². The molecular weight excluding hydrogens is 372 g/mol. The first kappa shape index (κ1) is 19.3. The molecule has 0 bridgehead atoms. The van der Waals surface area contributed by atoms with E-state index in [4.69, 9.17) is 0 Å². The van der Waals surface area contributed by atoms with Crippen molar-refractivity contribution in [2.45, 2.75) is 26.9 Å². The van der Waals surface area contributed by atoms with Crippen molar-refractivity contribution >= 4 is 35.6 Å². The third-order valence-electron chi connectivity index (χ3n) is 5.90. The zero-order valence-electron chi connectivity index (χ0n) is 17.2. The summed E-state index contributed by atoms with van der Waals surface area (Å²) in [5.74, 6) is 0.156. The van der Waals surface area contributed by atoms with Crippen LogP contribution in [0.3, 0.4) is 0 Å². The zero-order chi connectivity index (χ0) is 20.8. The summed E-state index contributed by atoms with van der Waals surface area (Å²) in [6.07, 6.45) is 0. The summed E-state index contributed by atoms with van der Waals surface area (Å²) >= 11 is 0. The van der Waals surface area contributed by atoms with Crippen LogP contribution in [0, 0.1) is 0 Å². The molecule has 1 heterocycles. The maximum Gasteiger partial charge on any atom is 0.159 e. The number of hydrogen-bond donors (Lipinski definition) is 0. The summed E-state index contributed by atoms with van der Waals surface area (Å²) in [7, 11) is -1.93. The van der Waals surface area contributed by atoms with Crippen molar-refractivity contribution in [3.8, 4) is 0 Å². The molecule has 0 saturated carbocycles. The van der Waals surface area contributed by atoms with Crippen LogP contribution in [-0.4, -0.2) is 19.6 Å². The Morgan fingerprint density at radius 1 is 0.655 bits per heavy atom. The van der Waals surface area contributed by atoms with E-state index in [-0.39, 0.29) is 11.6 Å². The largest absolute Gasteiger partial charge is 0.295 e. The molecule has 29 heavy (non-hydrogen) atoms. The van der Waals surface area contributed by atoms with E-state index in [0.717, 1.165) is 16.7 Å². The Hall–Kier alpha value is -3.04. The molecule has 0 fully saturated rings. The van der Waals surface area contributed by atoms with Crippen molar-refractivity contribution in [2.24, 2.45) is 0 Å². The predicted molar refractivity (Wildman–Crippen MR) is 122 cm³/mol. The molecule has 3 aromatic rings. The van der Waals surface area contributed by atoms with Crippen molar-refractivity contribution in [1.82, 2.24) is 0 Å². The first-order valence-corrected chi connectivity index (χ1v) is 12.9. The van der Waals surface area contributed by atoms with E-state index in [1.807, 2.05) is 24.3 Å². The van der Waals surface area contributed by atoms with Gasteiger partial charge in [0, 0.05) is 11.1 Å². The van der Waals surface area contributed by atoms with Crippen molar-refractivity contribution < 1.29 is 9.59 Å². The SMILES string of the molecule is CC(=O)c1ccc(C2=C(c3ccc(C(C)=O)cc3)[Si](C)(C)c3ccccc32)cc1. The number of rotatable bonds is 4. The molecule has 144 valence electrons. The highest BCUT2D eigenvalue weighted by atomic mass is 28.3. The Balaban J connectivity index is 1.97. The zero-order valence-corrected chi connectivity index (χ0v) is 18.2. The Labute approximate surface area is 172 Å². The molecule has 0 aromatic heterocycles. The van der Waals surface area contributed by atoms with Gasteiger partial charge in [0.05, 0.1) is 0 Å². The lowest BCUT2D eigenvalue weighted by molar-refractivity contribution is 0.100. The fourth-order valence-electron chi connectivity index (χ4n) is 4.38. The van der Waals surface area contributed by atoms with Gasteiger partial charge in [-0.3, -0.25) is 9.59 Å². The molecule has 4 rings (SSSR count). The highest BCUT2D eigenvalue weighted by Crippen LogP contribution is 2.43. The van der Waals surface area contributed by atoms with Gasteiger partial charge in [-0.1, -0.05) is 85.9 Å². The lowest BCUT2D eigenvalue weighted by Crippen LogP contribution is -2.40. The second kappa shape index (κ2) is 7.09. The Bertz CT molecular complexity index is 1150. The molecule has 3 aromatic carbocycles. The first-order valence-electron chi connectivity index (χ1n) is 9.88. The summed E-state index contributed by atoms with van der Waals surface area (Å²) in [4.78, 5) is 23.4. The number of carbonyl (C=O) groups excluding carboxylic acids is 2. The average Bonchev–Trinajstić information content (AvgIpc) is 2.95. The van der Waals surface area contributed by atoms with Gasteiger partial charge in [-0.15, -0.1) is 0 Å². The van der Waals surface area contributed by atoms with Crippen LogP contribution >= 0.6 is 0 Å². The van der Waals surface area contributed by atoms with Gasteiger partial charge in [0.1, 0.15) is 8.07 Å². The fraction of sp³-hybridized carbons (Fsp3) is 0.154. The van der Waals surface area contributed by atoms with Gasteiger partial charge in [0.15, 0.2) is 11.6 Å². The molecule has 1 aliphatic heterocycles. The molecular formula is C26H24O2Si. The van der Waals surface area contributed by atoms with Gasteiger partial charge in [-0.2, -0.15) is 0 Å². The van der Waals surface area contributed by atoms with Crippen LogP contribution in [0.5, 0.6) is 0 Å². The fourth-order valence-corrected chi connectivity index (χ4v) is 7.83. The third kappa shape index (κ3) is 3.22. The van der Waals surface area contributed by atoms with Crippen LogP contribution in [0.25, 0.3) is 10.8 Å². The number of hydrogen-bond acceptors (Lipinski definition) is 2. The van der Waals surface area contributed by atoms with Gasteiger partial charge in [-0.05, 0) is 46.5 Å². The van der Waals surface area contributed by atoms with E-state index in [1.165, 1.54) is 27.1 Å². The van der Waals surface area contributed by atoms with Crippen LogP contribution in [0.2, 0.25) is 13.1 Å². The number of benzene rings is 3. The van der Waals surface area contributed by atoms with E-state index in [1.54, 1.807) is 13.8 Å². The summed E-state index contributed by atoms with van der Waals surface area (Å²) in [5, 5.41) is 2.81. The lowest BCUT2D eigenvalue weighted by atomic mass is 9.94. The number of Topliss-reactive ketones (excluding diaryl/α,β-unsaturated/α-hetero) is 2. The molecule has 0 spiro atoms. The summed E-state index contributed by atoms with van der Waals surface area (Å²) < 4.78 is 0. The number of fused-ring (bicyclic) bond motifs is 1. The molecule has 0 N–H and O–H groups in total. The highest BCUT2D eigenvalue weighted by molar-refractivity contribution is 7.08. The van der Waals surface area contributed by atoms with E-state index in [2.05, 4.69) is 61.6 Å². The Kier molecular flexibility index (Phi) is 4.71. The third-order valence-corrected chi connectivity index (χ3v) is 9.48. The number of ketones is 2. The normalized spacial score (nSPS) is 14.6. The topological polar surface area (TPSA) is 34.1 Å². The van der Waals surface area contributed by atoms with Gasteiger partial charge in [0.2, 0.25) is 0 Å². The van der Waals surface area contributed by atoms with E-state index >= 15 is 0 Å². The van der Waals surface area contributed by atoms with Crippen LogP contribution in [0.1, 0.15) is 51.3 Å². The molecule has 2 nitrogen and oxygen atoms in total. The van der Waals surface area contributed by atoms with Gasteiger partial charge < -0.3 is 0 Å². The van der Waals surface area contributed by atoms with E-state index in [9.17, 15) is 9.59 Å². The van der Waals surface area contributed by atoms with Crippen molar-refractivity contribution in [3.05, 3.63) is 101 Å². The van der Waals surface area contributed by atoms with E-state index < -0.39 is 8.07 Å². The van der Waals surface area contributed by atoms with Crippen molar-refractivity contribution in [1.29, 1.82) is 0 Å². The molecule has 0 atom stereocenters. The van der Waals surface area contributed by atoms with Gasteiger partial charge in [-0.25, -0.2) is 0 Å². The summed E-state index contributed by atoms with van der Waals surface area (Å²) in [5.41, 5.74) is 6.30. The summed E-state index contributed by atoms with van der Waals surface area (Å²) in [6, 6.07) is 24.6. The Morgan fingerprint density at radius 2 is 1.14 bits per heavy atom. The smallest absolute Gasteiger partial charge is 0.159 e. The minimum absolute atomic E-state index is 0.0760. The van der Waals surface area contributed by atoms with Crippen LogP contribution in [0.4, 0.5) is 0 Å². The molecule has 0 radical (unpaired) electrons. The molecule has 0 unspecified atom stereocenters. The second-order valence-corrected chi connectivity index (χ2v) is 12.5. The lowest BCUT2D eigenvalue weighted by Gasteiger charge is -2.23. The standard InChI is InChI=1S/C26H24O2Si/c1-17(27)19-9-13-21(14-10-19)25-23-7-5-6-8-24(23)29(3,4)26(25)22-15-11-20(12-16-22)18(2)28/h5-16H,1-4H3. The quantitative estimate of drug-likeness (QED) is 0.430. The van der Waals surface area contributed by atoms with Crippen molar-refractivity contribution in [2.75, 3.05) is 0 Å². The monoisotopic (exact) mass is 396 g/mol. The maximum absolute atomic E-state index is 11.7. The Morgan fingerprint density at radius 3 is 1.66 bits per heavy atom. The van der Waals surface area contributed by atoms with Gasteiger partial charge >= 0.3 is 0 Å². The highest BCUT2D eigenvalue weighted by Gasteiger charge is 2.40. The first-order chi connectivity index (χ1) is 13.8. The number of carbonyl (C=O) groups is 2. The van der Waals surface area contributed by atoms with E-state index in [0.29, 0.717) is 0 Å². The molecule has 3 heteroatoms. The molecule has 0 amide bonds. The van der Waals surface area contributed by atoms with Crippen molar-refractivity contribution in [3.63, 3.8) is 0 Å². The molecule has 1 aliphatic rings. The average molecular weight is 397 g/mol. The minimum Gasteiger partial charge on any atom is -0.295 e. The van der Waals surface area contributed by atoms with Crippen LogP contribution < -0.4 is 5.19 Å². The second-order valence-electron chi connectivity index (χ2n) is 8.19. The minimum atomic E-state index is -1.93. The van der Waals surface area contributed by atoms with Crippen LogP contribution in [0.15, 0.2) is 72.8 Å².